The topological polar surface area (TPSA) is 123 Å². The van der Waals surface area contributed by atoms with Crippen molar-refractivity contribution in [2.45, 2.75) is 45.1 Å². The van der Waals surface area contributed by atoms with Gasteiger partial charge in [-0.05, 0) is 70.6 Å². The van der Waals surface area contributed by atoms with Crippen molar-refractivity contribution in [2.24, 2.45) is 0 Å². The summed E-state index contributed by atoms with van der Waals surface area (Å²) in [7, 11) is -1.55. The molecule has 2 heterocycles. The molecule has 216 valence electrons. The summed E-state index contributed by atoms with van der Waals surface area (Å²) in [6.07, 6.45) is 1.77. The average molecular weight is 588 g/mol. The van der Waals surface area contributed by atoms with Crippen molar-refractivity contribution >= 4 is 50.5 Å². The number of likely N-dealkylation sites (N-methyl/N-ethyl adjacent to an activating group) is 1. The van der Waals surface area contributed by atoms with Crippen molar-refractivity contribution in [3.05, 3.63) is 64.8 Å². The van der Waals surface area contributed by atoms with Gasteiger partial charge in [0.15, 0.2) is 0 Å². The summed E-state index contributed by atoms with van der Waals surface area (Å²) >= 11 is 6.28. The van der Waals surface area contributed by atoms with Crippen molar-refractivity contribution < 1.29 is 13.5 Å². The molecule has 4 rings (SSSR count). The molecule has 0 bridgehead atoms. The van der Waals surface area contributed by atoms with Crippen LogP contribution in [-0.4, -0.2) is 77.5 Å². The predicted molar refractivity (Wildman–Crippen MR) is 162 cm³/mol. The van der Waals surface area contributed by atoms with E-state index in [1.807, 2.05) is 31.2 Å². The minimum Gasteiger partial charge on any atom is -0.378 e. The van der Waals surface area contributed by atoms with Gasteiger partial charge in [0.1, 0.15) is 12.0 Å². The van der Waals surface area contributed by atoms with E-state index in [2.05, 4.69) is 42.2 Å². The number of hydrogen-bond acceptors (Lipinski definition) is 9. The van der Waals surface area contributed by atoms with E-state index in [1.54, 1.807) is 45.2 Å². The lowest BCUT2D eigenvalue weighted by molar-refractivity contribution is -0.0203. The fourth-order valence-electron chi connectivity index (χ4n) is 4.06. The van der Waals surface area contributed by atoms with Gasteiger partial charge in [-0.2, -0.15) is 4.98 Å². The highest BCUT2D eigenvalue weighted by Gasteiger charge is 2.29. The van der Waals surface area contributed by atoms with Crippen molar-refractivity contribution in [3.63, 3.8) is 0 Å². The molecule has 0 aliphatic carbocycles. The van der Waals surface area contributed by atoms with E-state index in [0.29, 0.717) is 28.9 Å². The summed E-state index contributed by atoms with van der Waals surface area (Å²) in [6.45, 7) is 10.4. The standard InChI is InChI=1S/C28H38ClN7O3S/c1-19-18-30-27(32-21-8-6-20(7-9-21)16-25(37)36-14-12-35(5)13-15-36)33-26(19)31-22-10-11-23(29)24(17-22)34-40(38,39)28(2,3)4/h6-11,17-18,25,34,37H,12-16H2,1-5H3,(H2,30,31,32,33). The molecule has 4 N–H and O–H groups in total. The number of anilines is 5. The first-order valence-corrected chi connectivity index (χ1v) is 15.1. The molecule has 1 aliphatic rings. The summed E-state index contributed by atoms with van der Waals surface area (Å²) in [6, 6.07) is 12.9. The maximum absolute atomic E-state index is 12.6. The van der Waals surface area contributed by atoms with E-state index in [1.165, 1.54) is 0 Å². The van der Waals surface area contributed by atoms with E-state index < -0.39 is 21.0 Å². The number of aryl methyl sites for hydroxylation is 1. The molecule has 1 fully saturated rings. The van der Waals surface area contributed by atoms with Crippen molar-refractivity contribution in [1.82, 2.24) is 19.8 Å². The van der Waals surface area contributed by atoms with Gasteiger partial charge >= 0.3 is 0 Å². The van der Waals surface area contributed by atoms with E-state index >= 15 is 0 Å². The monoisotopic (exact) mass is 587 g/mol. The largest absolute Gasteiger partial charge is 0.378 e. The molecule has 1 aliphatic heterocycles. The van der Waals surface area contributed by atoms with Crippen LogP contribution in [0.3, 0.4) is 0 Å². The van der Waals surface area contributed by atoms with Crippen molar-refractivity contribution in [2.75, 3.05) is 48.6 Å². The van der Waals surface area contributed by atoms with E-state index in [9.17, 15) is 13.5 Å². The molecule has 1 aromatic heterocycles. The van der Waals surface area contributed by atoms with Crippen LogP contribution < -0.4 is 15.4 Å². The van der Waals surface area contributed by atoms with Crippen LogP contribution in [0.25, 0.3) is 0 Å². The Bertz CT molecular complexity index is 1420. The maximum atomic E-state index is 12.6. The fraction of sp³-hybridized carbons (Fsp3) is 0.429. The van der Waals surface area contributed by atoms with Crippen LogP contribution >= 0.6 is 11.6 Å². The molecular formula is C28H38ClN7O3S. The highest BCUT2D eigenvalue weighted by Crippen LogP contribution is 2.31. The number of aromatic nitrogens is 2. The number of aliphatic hydroxyl groups excluding tert-OH is 1. The third-order valence-corrected chi connectivity index (χ3v) is 9.27. The van der Waals surface area contributed by atoms with Gasteiger partial charge in [0.05, 0.1) is 15.5 Å². The first-order chi connectivity index (χ1) is 18.8. The maximum Gasteiger partial charge on any atom is 0.237 e. The second-order valence-corrected chi connectivity index (χ2v) is 14.0. The molecule has 10 nitrogen and oxygen atoms in total. The molecule has 1 saturated heterocycles. The second kappa shape index (κ2) is 12.3. The van der Waals surface area contributed by atoms with Crippen molar-refractivity contribution in [1.29, 1.82) is 0 Å². The van der Waals surface area contributed by atoms with E-state index in [-0.39, 0.29) is 5.69 Å². The molecule has 0 saturated carbocycles. The van der Waals surface area contributed by atoms with Crippen LogP contribution in [0.15, 0.2) is 48.7 Å². The number of aliphatic hydroxyl groups is 1. The number of sulfonamides is 1. The lowest BCUT2D eigenvalue weighted by Gasteiger charge is -2.35. The summed E-state index contributed by atoms with van der Waals surface area (Å²) in [5.74, 6) is 0.970. The Labute approximate surface area is 241 Å². The number of piperazine rings is 1. The predicted octanol–water partition coefficient (Wildman–Crippen LogP) is 4.57. The Morgan fingerprint density at radius 1 is 1.02 bits per heavy atom. The van der Waals surface area contributed by atoms with Crippen LogP contribution in [0.4, 0.5) is 28.8 Å². The van der Waals surface area contributed by atoms with Gasteiger partial charge < -0.3 is 20.6 Å². The molecule has 1 unspecified atom stereocenters. The zero-order valence-electron chi connectivity index (χ0n) is 23.6. The lowest BCUT2D eigenvalue weighted by Crippen LogP contribution is -2.49. The van der Waals surface area contributed by atoms with Gasteiger partial charge in [-0.25, -0.2) is 13.4 Å². The van der Waals surface area contributed by atoms with Gasteiger partial charge in [-0.15, -0.1) is 0 Å². The van der Waals surface area contributed by atoms with E-state index in [4.69, 9.17) is 11.6 Å². The second-order valence-electron chi connectivity index (χ2n) is 11.1. The first kappa shape index (κ1) is 30.0. The molecule has 0 amide bonds. The van der Waals surface area contributed by atoms with Crippen LogP contribution in [-0.2, 0) is 16.4 Å². The smallest absolute Gasteiger partial charge is 0.237 e. The van der Waals surface area contributed by atoms with Crippen LogP contribution in [0.1, 0.15) is 31.9 Å². The third-order valence-electron chi connectivity index (χ3n) is 6.84. The van der Waals surface area contributed by atoms with Gasteiger partial charge in [-0.1, -0.05) is 23.7 Å². The summed E-state index contributed by atoms with van der Waals surface area (Å²) in [5.41, 5.74) is 3.57. The highest BCUT2D eigenvalue weighted by atomic mass is 35.5. The van der Waals surface area contributed by atoms with Crippen LogP contribution in [0.2, 0.25) is 5.02 Å². The Hall–Kier alpha value is -2.96. The average Bonchev–Trinajstić information content (AvgIpc) is 2.88. The number of halogens is 1. The Kier molecular flexibility index (Phi) is 9.21. The third kappa shape index (κ3) is 7.61. The van der Waals surface area contributed by atoms with Gasteiger partial charge in [0.25, 0.3) is 0 Å². The Balaban J connectivity index is 1.42. The van der Waals surface area contributed by atoms with Crippen LogP contribution in [0.5, 0.6) is 0 Å². The molecule has 2 aromatic carbocycles. The zero-order valence-corrected chi connectivity index (χ0v) is 25.1. The SMILES string of the molecule is Cc1cnc(Nc2ccc(CC(O)N3CCN(C)CC3)cc2)nc1Nc1ccc(Cl)c(NS(=O)(=O)C(C)(C)C)c1. The summed E-state index contributed by atoms with van der Waals surface area (Å²) < 4.78 is 26.9. The fourth-order valence-corrected chi connectivity index (χ4v) is 5.04. The number of hydrogen-bond donors (Lipinski definition) is 4. The quantitative estimate of drug-likeness (QED) is 0.285. The lowest BCUT2D eigenvalue weighted by atomic mass is 10.1. The van der Waals surface area contributed by atoms with Gasteiger partial charge in [0, 0.05) is 55.7 Å². The highest BCUT2D eigenvalue weighted by molar-refractivity contribution is 7.94. The van der Waals surface area contributed by atoms with E-state index in [0.717, 1.165) is 43.0 Å². The Morgan fingerprint density at radius 3 is 2.33 bits per heavy atom. The van der Waals surface area contributed by atoms with Crippen molar-refractivity contribution in [3.8, 4) is 0 Å². The number of nitrogens with zero attached hydrogens (tertiary/aromatic N) is 4. The zero-order chi connectivity index (χ0) is 29.1. The number of nitrogens with one attached hydrogen (secondary N) is 3. The molecular weight excluding hydrogens is 550 g/mol. The van der Waals surface area contributed by atoms with Gasteiger partial charge in [0.2, 0.25) is 16.0 Å². The molecule has 40 heavy (non-hydrogen) atoms. The summed E-state index contributed by atoms with van der Waals surface area (Å²) in [4.78, 5) is 13.4. The molecule has 12 heteroatoms. The minimum absolute atomic E-state index is 0.282. The first-order valence-electron chi connectivity index (χ1n) is 13.2. The number of benzene rings is 2. The Morgan fingerprint density at radius 2 is 1.68 bits per heavy atom. The number of rotatable bonds is 9. The normalized spacial score (nSPS) is 16.0. The molecule has 3 aromatic rings. The molecule has 0 radical (unpaired) electrons. The summed E-state index contributed by atoms with van der Waals surface area (Å²) in [5, 5.41) is 17.4. The van der Waals surface area contributed by atoms with Gasteiger partial charge in [-0.3, -0.25) is 9.62 Å². The molecule has 0 spiro atoms. The van der Waals surface area contributed by atoms with Crippen LogP contribution in [0, 0.1) is 6.92 Å². The molecule has 1 atom stereocenters. The minimum atomic E-state index is -3.65.